The van der Waals surface area contributed by atoms with Crippen LogP contribution < -0.4 is 20.9 Å². The van der Waals surface area contributed by atoms with E-state index in [-0.39, 0.29) is 11.8 Å². The molecule has 2 aromatic rings. The van der Waals surface area contributed by atoms with Gasteiger partial charge in [-0.3, -0.25) is 5.43 Å². The standard InChI is InChI=1S/C13H15ClFN5O/c1-3-17-20-13-16-7-10(15)12(19-13)18-8-4-5-11(21-2)9(14)6-8/h4-7,17H,3H2,1-2H3,(H2,16,18,19,20). The summed E-state index contributed by atoms with van der Waals surface area (Å²) in [5.74, 6) is 0.288. The molecule has 0 fully saturated rings. The summed E-state index contributed by atoms with van der Waals surface area (Å²) in [7, 11) is 1.52. The molecular formula is C13H15ClFN5O. The first-order chi connectivity index (χ1) is 10.1. The van der Waals surface area contributed by atoms with Crippen molar-refractivity contribution in [2.75, 3.05) is 24.4 Å². The van der Waals surface area contributed by atoms with Crippen molar-refractivity contribution in [3.63, 3.8) is 0 Å². The van der Waals surface area contributed by atoms with Crippen LogP contribution in [0.1, 0.15) is 6.92 Å². The van der Waals surface area contributed by atoms with Gasteiger partial charge in [0.2, 0.25) is 5.95 Å². The summed E-state index contributed by atoms with van der Waals surface area (Å²) in [4.78, 5) is 7.85. The number of halogens is 2. The highest BCUT2D eigenvalue weighted by Crippen LogP contribution is 2.29. The van der Waals surface area contributed by atoms with Crippen LogP contribution in [0.15, 0.2) is 24.4 Å². The highest BCUT2D eigenvalue weighted by atomic mass is 35.5. The van der Waals surface area contributed by atoms with E-state index in [1.807, 2.05) is 6.92 Å². The molecule has 0 aliphatic rings. The van der Waals surface area contributed by atoms with Gasteiger partial charge in [0.25, 0.3) is 0 Å². The van der Waals surface area contributed by atoms with E-state index in [0.717, 1.165) is 6.20 Å². The maximum atomic E-state index is 13.7. The molecule has 0 aliphatic heterocycles. The van der Waals surface area contributed by atoms with E-state index < -0.39 is 5.82 Å². The molecule has 0 unspecified atom stereocenters. The summed E-state index contributed by atoms with van der Waals surface area (Å²) in [6.45, 7) is 2.59. The number of aromatic nitrogens is 2. The fourth-order valence-electron chi connectivity index (χ4n) is 1.56. The monoisotopic (exact) mass is 311 g/mol. The van der Waals surface area contributed by atoms with E-state index in [1.165, 1.54) is 7.11 Å². The number of benzene rings is 1. The molecule has 1 heterocycles. The summed E-state index contributed by atoms with van der Waals surface area (Å²) in [5, 5.41) is 3.27. The second kappa shape index (κ2) is 7.05. The zero-order valence-electron chi connectivity index (χ0n) is 11.6. The summed E-state index contributed by atoms with van der Waals surface area (Å²) < 4.78 is 18.8. The lowest BCUT2D eigenvalue weighted by Crippen LogP contribution is -2.22. The van der Waals surface area contributed by atoms with Crippen molar-refractivity contribution in [1.82, 2.24) is 15.4 Å². The van der Waals surface area contributed by atoms with Crippen LogP contribution in [0.2, 0.25) is 5.02 Å². The Morgan fingerprint density at radius 1 is 1.38 bits per heavy atom. The number of ether oxygens (including phenoxy) is 1. The molecule has 0 amide bonds. The normalized spacial score (nSPS) is 10.3. The number of hydrazine groups is 1. The van der Waals surface area contributed by atoms with Gasteiger partial charge >= 0.3 is 0 Å². The van der Waals surface area contributed by atoms with Gasteiger partial charge in [-0.05, 0) is 18.2 Å². The van der Waals surface area contributed by atoms with Crippen LogP contribution in [0.25, 0.3) is 0 Å². The van der Waals surface area contributed by atoms with E-state index in [1.54, 1.807) is 18.2 Å². The second-order valence-electron chi connectivity index (χ2n) is 4.02. The number of anilines is 3. The third-order valence-electron chi connectivity index (χ3n) is 2.54. The average molecular weight is 312 g/mol. The third-order valence-corrected chi connectivity index (χ3v) is 2.83. The molecule has 8 heteroatoms. The van der Waals surface area contributed by atoms with Crippen molar-refractivity contribution in [2.45, 2.75) is 6.92 Å². The molecule has 0 spiro atoms. The number of hydrogen-bond donors (Lipinski definition) is 3. The highest BCUT2D eigenvalue weighted by Gasteiger charge is 2.08. The van der Waals surface area contributed by atoms with Crippen molar-refractivity contribution in [3.8, 4) is 5.75 Å². The van der Waals surface area contributed by atoms with Crippen LogP contribution >= 0.6 is 11.6 Å². The second-order valence-corrected chi connectivity index (χ2v) is 4.43. The van der Waals surface area contributed by atoms with Crippen molar-refractivity contribution in [1.29, 1.82) is 0 Å². The Morgan fingerprint density at radius 3 is 2.86 bits per heavy atom. The minimum absolute atomic E-state index is 0.0478. The summed E-state index contributed by atoms with van der Waals surface area (Å²) in [5.41, 5.74) is 6.18. The maximum Gasteiger partial charge on any atom is 0.239 e. The van der Waals surface area contributed by atoms with Crippen LogP contribution in [-0.2, 0) is 0 Å². The molecular weight excluding hydrogens is 297 g/mol. The van der Waals surface area contributed by atoms with Crippen molar-refractivity contribution in [3.05, 3.63) is 35.2 Å². The fourth-order valence-corrected chi connectivity index (χ4v) is 1.82. The van der Waals surface area contributed by atoms with Gasteiger partial charge in [-0.2, -0.15) is 4.98 Å². The minimum atomic E-state index is -0.566. The van der Waals surface area contributed by atoms with E-state index in [0.29, 0.717) is 23.0 Å². The Kier molecular flexibility index (Phi) is 5.13. The quantitative estimate of drug-likeness (QED) is 0.713. The molecule has 0 bridgehead atoms. The van der Waals surface area contributed by atoms with Crippen LogP contribution in [0.5, 0.6) is 5.75 Å². The molecule has 112 valence electrons. The molecule has 0 radical (unpaired) electrons. The summed E-state index contributed by atoms with van der Waals surface area (Å²) >= 11 is 6.02. The molecule has 0 saturated carbocycles. The lowest BCUT2D eigenvalue weighted by molar-refractivity contribution is 0.415. The van der Waals surface area contributed by atoms with Gasteiger partial charge in [-0.25, -0.2) is 14.8 Å². The minimum Gasteiger partial charge on any atom is -0.495 e. The van der Waals surface area contributed by atoms with Crippen molar-refractivity contribution < 1.29 is 9.13 Å². The molecule has 0 aliphatic carbocycles. The Labute approximate surface area is 126 Å². The molecule has 1 aromatic carbocycles. The van der Waals surface area contributed by atoms with E-state index >= 15 is 0 Å². The van der Waals surface area contributed by atoms with Crippen molar-refractivity contribution in [2.24, 2.45) is 0 Å². The topological polar surface area (TPSA) is 71.1 Å². The lowest BCUT2D eigenvalue weighted by Gasteiger charge is -2.10. The number of rotatable bonds is 6. The van der Waals surface area contributed by atoms with Crippen LogP contribution in [0, 0.1) is 5.82 Å². The SMILES string of the molecule is CCNNc1ncc(F)c(Nc2ccc(OC)c(Cl)c2)n1. The Bertz CT molecular complexity index is 626. The van der Waals surface area contributed by atoms with E-state index in [4.69, 9.17) is 16.3 Å². The molecule has 21 heavy (non-hydrogen) atoms. The van der Waals surface area contributed by atoms with Gasteiger partial charge in [-0.15, -0.1) is 0 Å². The van der Waals surface area contributed by atoms with Crippen LogP contribution in [0.4, 0.5) is 21.8 Å². The van der Waals surface area contributed by atoms with Crippen LogP contribution in [0.3, 0.4) is 0 Å². The van der Waals surface area contributed by atoms with Gasteiger partial charge in [0.1, 0.15) is 5.75 Å². The predicted octanol–water partition coefficient (Wildman–Crippen LogP) is 2.96. The van der Waals surface area contributed by atoms with Crippen LogP contribution in [-0.4, -0.2) is 23.6 Å². The van der Waals surface area contributed by atoms with Crippen molar-refractivity contribution >= 4 is 29.1 Å². The fraction of sp³-hybridized carbons (Fsp3) is 0.231. The van der Waals surface area contributed by atoms with Gasteiger partial charge in [-0.1, -0.05) is 18.5 Å². The van der Waals surface area contributed by atoms with E-state index in [2.05, 4.69) is 26.1 Å². The summed E-state index contributed by atoms with van der Waals surface area (Å²) in [6, 6.07) is 5.02. The number of nitrogens with zero attached hydrogens (tertiary/aromatic N) is 2. The Balaban J connectivity index is 2.20. The predicted molar refractivity (Wildman–Crippen MR) is 80.6 cm³/mol. The number of hydrogen-bond acceptors (Lipinski definition) is 6. The first-order valence-corrected chi connectivity index (χ1v) is 6.63. The van der Waals surface area contributed by atoms with Gasteiger partial charge < -0.3 is 10.1 Å². The Hall–Kier alpha value is -2.12. The van der Waals surface area contributed by atoms with Gasteiger partial charge in [0.15, 0.2) is 11.6 Å². The third kappa shape index (κ3) is 3.93. The molecule has 0 saturated heterocycles. The highest BCUT2D eigenvalue weighted by molar-refractivity contribution is 6.32. The Morgan fingerprint density at radius 2 is 2.19 bits per heavy atom. The van der Waals surface area contributed by atoms with Gasteiger partial charge in [0, 0.05) is 12.2 Å². The zero-order valence-corrected chi connectivity index (χ0v) is 12.3. The average Bonchev–Trinajstić information content (AvgIpc) is 2.48. The zero-order chi connectivity index (χ0) is 15.2. The summed E-state index contributed by atoms with van der Waals surface area (Å²) in [6.07, 6.45) is 1.08. The largest absolute Gasteiger partial charge is 0.495 e. The molecule has 1 aromatic heterocycles. The van der Waals surface area contributed by atoms with Gasteiger partial charge in [0.05, 0.1) is 18.3 Å². The molecule has 0 atom stereocenters. The van der Waals surface area contributed by atoms with E-state index in [9.17, 15) is 4.39 Å². The smallest absolute Gasteiger partial charge is 0.239 e. The first-order valence-electron chi connectivity index (χ1n) is 6.26. The number of nitrogens with one attached hydrogen (secondary N) is 3. The lowest BCUT2D eigenvalue weighted by atomic mass is 10.3. The molecule has 2 rings (SSSR count). The molecule has 3 N–H and O–H groups in total. The maximum absolute atomic E-state index is 13.7. The number of methoxy groups -OCH3 is 1. The molecule has 6 nitrogen and oxygen atoms in total. The first kappa shape index (κ1) is 15.3.